The lowest BCUT2D eigenvalue weighted by Crippen LogP contribution is -2.28. The molecule has 1 aliphatic rings. The lowest BCUT2D eigenvalue weighted by Gasteiger charge is -2.24. The first-order chi connectivity index (χ1) is 16.6. The van der Waals surface area contributed by atoms with Gasteiger partial charge in [0.2, 0.25) is 5.91 Å². The summed E-state index contributed by atoms with van der Waals surface area (Å²) in [7, 11) is 0. The maximum absolute atomic E-state index is 12.9. The minimum absolute atomic E-state index is 0.0525. The quantitative estimate of drug-likeness (QED) is 0.441. The summed E-state index contributed by atoms with van der Waals surface area (Å²) in [6.07, 6.45) is 7.40. The Kier molecular flexibility index (Phi) is 6.07. The number of aryl methyl sites for hydroxylation is 3. The van der Waals surface area contributed by atoms with E-state index < -0.39 is 0 Å². The zero-order valence-electron chi connectivity index (χ0n) is 19.1. The van der Waals surface area contributed by atoms with Crippen molar-refractivity contribution >= 4 is 22.6 Å². The fourth-order valence-electron chi connectivity index (χ4n) is 4.43. The van der Waals surface area contributed by atoms with Crippen molar-refractivity contribution in [2.75, 3.05) is 5.32 Å². The van der Waals surface area contributed by atoms with Gasteiger partial charge >= 0.3 is 0 Å². The van der Waals surface area contributed by atoms with Gasteiger partial charge in [-0.25, -0.2) is 15.0 Å². The van der Waals surface area contributed by atoms with Crippen LogP contribution < -0.4 is 16.2 Å². The Hall–Kier alpha value is -4.01. The Morgan fingerprint density at radius 1 is 1.24 bits per heavy atom. The van der Waals surface area contributed by atoms with Gasteiger partial charge in [-0.05, 0) is 44.0 Å². The third kappa shape index (κ3) is 4.54. The van der Waals surface area contributed by atoms with Gasteiger partial charge in [0.25, 0.3) is 5.56 Å². The summed E-state index contributed by atoms with van der Waals surface area (Å²) < 4.78 is 3.63. The number of nitrogens with zero attached hydrogens (tertiary/aromatic N) is 5. The van der Waals surface area contributed by atoms with Crippen molar-refractivity contribution in [3.8, 4) is 0 Å². The molecule has 0 spiro atoms. The normalized spacial score (nSPS) is 15.0. The Morgan fingerprint density at radius 3 is 2.97 bits per heavy atom. The van der Waals surface area contributed by atoms with Crippen molar-refractivity contribution in [2.24, 2.45) is 0 Å². The number of fused-ring (bicyclic) bond motifs is 3. The first-order valence-electron chi connectivity index (χ1n) is 11.5. The van der Waals surface area contributed by atoms with Crippen LogP contribution in [0.4, 0.5) is 5.69 Å². The molecule has 9 heteroatoms. The topological polar surface area (TPSA) is 107 Å². The van der Waals surface area contributed by atoms with Crippen molar-refractivity contribution in [3.05, 3.63) is 82.6 Å². The van der Waals surface area contributed by atoms with E-state index in [2.05, 4.69) is 33.6 Å². The predicted octanol–water partition coefficient (Wildman–Crippen LogP) is 2.29. The number of benzene rings is 1. The molecule has 0 fully saturated rings. The molecule has 0 bridgehead atoms. The van der Waals surface area contributed by atoms with Gasteiger partial charge in [0, 0.05) is 48.7 Å². The van der Waals surface area contributed by atoms with Crippen LogP contribution in [0.15, 0.2) is 59.9 Å². The molecule has 1 amide bonds. The van der Waals surface area contributed by atoms with Crippen LogP contribution in [-0.2, 0) is 37.3 Å². The molecule has 0 saturated carbocycles. The highest BCUT2D eigenvalue weighted by atomic mass is 16.2. The van der Waals surface area contributed by atoms with Crippen LogP contribution in [0.3, 0.4) is 0 Å². The lowest BCUT2D eigenvalue weighted by molar-refractivity contribution is -0.121. The van der Waals surface area contributed by atoms with Gasteiger partial charge in [-0.3, -0.25) is 9.59 Å². The van der Waals surface area contributed by atoms with Crippen molar-refractivity contribution in [1.29, 1.82) is 0 Å². The van der Waals surface area contributed by atoms with E-state index in [1.807, 2.05) is 16.7 Å². The Bertz CT molecular complexity index is 1380. The maximum Gasteiger partial charge on any atom is 0.250 e. The van der Waals surface area contributed by atoms with Crippen LogP contribution in [0.25, 0.3) is 11.0 Å². The molecule has 34 heavy (non-hydrogen) atoms. The van der Waals surface area contributed by atoms with Gasteiger partial charge in [0.15, 0.2) is 0 Å². The molecule has 0 radical (unpaired) electrons. The van der Waals surface area contributed by atoms with E-state index in [9.17, 15) is 9.59 Å². The zero-order chi connectivity index (χ0) is 23.5. The molecule has 0 aliphatic carbocycles. The highest BCUT2D eigenvalue weighted by molar-refractivity contribution is 5.87. The lowest BCUT2D eigenvalue weighted by atomic mass is 9.98. The van der Waals surface area contributed by atoms with E-state index in [-0.39, 0.29) is 18.0 Å². The summed E-state index contributed by atoms with van der Waals surface area (Å²) in [5.41, 5.74) is 4.85. The van der Waals surface area contributed by atoms with Gasteiger partial charge in [0.05, 0.1) is 23.3 Å². The Labute approximate surface area is 196 Å². The average molecular weight is 458 g/mol. The number of hydrogen-bond acceptors (Lipinski definition) is 6. The Balaban J connectivity index is 1.44. The van der Waals surface area contributed by atoms with Gasteiger partial charge in [-0.1, -0.05) is 6.07 Å². The number of aromatic nitrogens is 5. The van der Waals surface area contributed by atoms with Crippen molar-refractivity contribution in [3.63, 3.8) is 0 Å². The SMILES string of the molecule is C[C@H]1CCc2c(ccc3c2nc(CCn2ccccc2=O)n3CC(=O)NCc2ccncn2)N1. The average Bonchev–Trinajstić information content (AvgIpc) is 3.20. The number of imidazole rings is 1. The molecule has 4 heterocycles. The first kappa shape index (κ1) is 21.8. The van der Waals surface area contributed by atoms with Crippen LogP contribution in [0.5, 0.6) is 0 Å². The maximum atomic E-state index is 12.9. The third-order valence-electron chi connectivity index (χ3n) is 6.22. The second kappa shape index (κ2) is 9.46. The number of nitrogens with one attached hydrogen (secondary N) is 2. The summed E-state index contributed by atoms with van der Waals surface area (Å²) in [4.78, 5) is 38.1. The summed E-state index contributed by atoms with van der Waals surface area (Å²) in [6, 6.07) is 11.4. The number of pyridine rings is 1. The highest BCUT2D eigenvalue weighted by Gasteiger charge is 2.22. The first-order valence-corrected chi connectivity index (χ1v) is 11.5. The number of hydrogen-bond donors (Lipinski definition) is 2. The summed E-state index contributed by atoms with van der Waals surface area (Å²) in [6.45, 7) is 3.14. The second-order valence-electron chi connectivity index (χ2n) is 8.62. The van der Waals surface area contributed by atoms with Crippen LogP contribution in [-0.4, -0.2) is 36.0 Å². The number of carbonyl (C=O) groups excluding carboxylic acids is 1. The number of amides is 1. The van der Waals surface area contributed by atoms with Crippen LogP contribution in [0, 0.1) is 0 Å². The van der Waals surface area contributed by atoms with E-state index in [0.717, 1.165) is 41.1 Å². The van der Waals surface area contributed by atoms with Gasteiger partial charge in [-0.15, -0.1) is 0 Å². The molecule has 5 rings (SSSR count). The van der Waals surface area contributed by atoms with E-state index in [0.29, 0.717) is 25.6 Å². The number of anilines is 1. The summed E-state index contributed by atoms with van der Waals surface area (Å²) >= 11 is 0. The minimum Gasteiger partial charge on any atom is -0.382 e. The highest BCUT2D eigenvalue weighted by Crippen LogP contribution is 2.32. The molecule has 1 aliphatic heterocycles. The van der Waals surface area contributed by atoms with Crippen molar-refractivity contribution in [2.45, 2.75) is 51.9 Å². The molecule has 2 N–H and O–H groups in total. The molecule has 4 aromatic rings. The van der Waals surface area contributed by atoms with E-state index >= 15 is 0 Å². The van der Waals surface area contributed by atoms with Gasteiger partial charge in [0.1, 0.15) is 18.7 Å². The van der Waals surface area contributed by atoms with Gasteiger partial charge in [-0.2, -0.15) is 0 Å². The Morgan fingerprint density at radius 2 is 2.15 bits per heavy atom. The molecular formula is C25H27N7O2. The van der Waals surface area contributed by atoms with Crippen molar-refractivity contribution in [1.82, 2.24) is 29.4 Å². The van der Waals surface area contributed by atoms with Crippen molar-refractivity contribution < 1.29 is 4.79 Å². The molecule has 0 saturated heterocycles. The largest absolute Gasteiger partial charge is 0.382 e. The van der Waals surface area contributed by atoms with Crippen LogP contribution >= 0.6 is 0 Å². The predicted molar refractivity (Wildman–Crippen MR) is 129 cm³/mol. The molecule has 174 valence electrons. The van der Waals surface area contributed by atoms with E-state index in [1.54, 1.807) is 35.2 Å². The molecular weight excluding hydrogens is 430 g/mol. The fourth-order valence-corrected chi connectivity index (χ4v) is 4.43. The number of carbonyl (C=O) groups is 1. The van der Waals surface area contributed by atoms with E-state index in [4.69, 9.17) is 4.98 Å². The van der Waals surface area contributed by atoms with Gasteiger partial charge < -0.3 is 19.8 Å². The summed E-state index contributed by atoms with van der Waals surface area (Å²) in [5, 5.41) is 6.47. The monoisotopic (exact) mass is 457 g/mol. The number of rotatable bonds is 7. The fraction of sp³-hybridized carbons (Fsp3) is 0.320. The zero-order valence-corrected chi connectivity index (χ0v) is 19.1. The summed E-state index contributed by atoms with van der Waals surface area (Å²) in [5.74, 6) is 0.662. The molecule has 9 nitrogen and oxygen atoms in total. The third-order valence-corrected chi connectivity index (χ3v) is 6.22. The van der Waals surface area contributed by atoms with Crippen LogP contribution in [0.2, 0.25) is 0 Å². The standard InChI is InChI=1S/C25H27N7O2/c1-17-5-6-19-20(29-17)7-8-21-25(19)30-22(10-13-31-12-3-2-4-24(31)34)32(21)15-23(33)27-14-18-9-11-26-16-28-18/h2-4,7-9,11-12,16-17,29H,5-6,10,13-15H2,1H3,(H,27,33)/t17-/m0/s1. The van der Waals surface area contributed by atoms with E-state index in [1.165, 1.54) is 11.9 Å². The minimum atomic E-state index is -0.125. The molecule has 0 unspecified atom stereocenters. The second-order valence-corrected chi connectivity index (χ2v) is 8.62. The molecule has 1 atom stereocenters. The smallest absolute Gasteiger partial charge is 0.250 e. The molecule has 1 aromatic carbocycles. The molecule has 3 aromatic heterocycles. The van der Waals surface area contributed by atoms with Crippen LogP contribution in [0.1, 0.15) is 30.4 Å².